The average Bonchev–Trinajstić information content (AvgIpc) is 2.95. The van der Waals surface area contributed by atoms with Gasteiger partial charge in [0.25, 0.3) is 5.91 Å². The lowest BCUT2D eigenvalue weighted by Gasteiger charge is -2.52. The Hall–Kier alpha value is -1.88. The lowest BCUT2D eigenvalue weighted by atomic mass is 9.75. The highest BCUT2D eigenvalue weighted by Crippen LogP contribution is 2.40. The third-order valence-corrected chi connectivity index (χ3v) is 5.53. The quantitative estimate of drug-likeness (QED) is 0.796. The van der Waals surface area contributed by atoms with E-state index in [0.717, 1.165) is 36.1 Å². The van der Waals surface area contributed by atoms with Crippen molar-refractivity contribution in [2.24, 2.45) is 0 Å². The fraction of sp³-hybridized carbons (Fsp3) is 0.556. The Bertz CT molecular complexity index is 666. The van der Waals surface area contributed by atoms with E-state index >= 15 is 0 Å². The van der Waals surface area contributed by atoms with Gasteiger partial charge in [-0.05, 0) is 49.4 Å². The van der Waals surface area contributed by atoms with Crippen molar-refractivity contribution in [3.05, 3.63) is 29.3 Å². The fourth-order valence-corrected chi connectivity index (χ4v) is 4.07. The molecule has 1 aromatic carbocycles. The Morgan fingerprint density at radius 2 is 2.04 bits per heavy atom. The highest BCUT2D eigenvalue weighted by molar-refractivity contribution is 5.98. The number of carbonyl (C=O) groups is 2. The first kappa shape index (κ1) is 14.7. The number of nitrogens with zero attached hydrogens (tertiary/aromatic N) is 2. The Morgan fingerprint density at radius 3 is 2.74 bits per heavy atom. The van der Waals surface area contributed by atoms with Crippen LogP contribution in [0.1, 0.15) is 42.1 Å². The molecule has 2 amide bonds. The van der Waals surface area contributed by atoms with E-state index in [1.165, 1.54) is 6.42 Å². The molecule has 4 rings (SSSR count). The Kier molecular flexibility index (Phi) is 3.41. The predicted octanol–water partition coefficient (Wildman–Crippen LogP) is 1.99. The summed E-state index contributed by atoms with van der Waals surface area (Å²) in [6, 6.07) is 5.76. The number of morpholine rings is 1. The number of fused-ring (bicyclic) bond motifs is 1. The molecular formula is C18H22N2O3. The van der Waals surface area contributed by atoms with Crippen LogP contribution in [0.3, 0.4) is 0 Å². The minimum absolute atomic E-state index is 0.0597. The maximum absolute atomic E-state index is 13.0. The van der Waals surface area contributed by atoms with Crippen molar-refractivity contribution < 1.29 is 14.3 Å². The number of benzene rings is 1. The number of hydrogen-bond donors (Lipinski definition) is 0. The molecule has 0 unspecified atom stereocenters. The van der Waals surface area contributed by atoms with Crippen LogP contribution in [0.25, 0.3) is 0 Å². The van der Waals surface area contributed by atoms with Crippen LogP contribution >= 0.6 is 0 Å². The van der Waals surface area contributed by atoms with Gasteiger partial charge in [-0.25, -0.2) is 0 Å². The second-order valence-electron chi connectivity index (χ2n) is 6.85. The molecule has 2 aliphatic heterocycles. The Morgan fingerprint density at radius 1 is 1.22 bits per heavy atom. The first-order chi connectivity index (χ1) is 11.1. The van der Waals surface area contributed by atoms with Crippen molar-refractivity contribution in [3.8, 4) is 0 Å². The van der Waals surface area contributed by atoms with Crippen LogP contribution in [-0.4, -0.2) is 48.6 Å². The molecule has 0 atom stereocenters. The summed E-state index contributed by atoms with van der Waals surface area (Å²) >= 11 is 0. The van der Waals surface area contributed by atoms with E-state index in [0.29, 0.717) is 26.3 Å². The molecule has 1 aromatic rings. The van der Waals surface area contributed by atoms with Gasteiger partial charge in [0, 0.05) is 31.3 Å². The molecule has 1 saturated carbocycles. The third kappa shape index (κ3) is 2.26. The van der Waals surface area contributed by atoms with Crippen LogP contribution < -0.4 is 4.90 Å². The minimum atomic E-state index is -0.0697. The third-order valence-electron chi connectivity index (χ3n) is 5.53. The molecule has 1 aliphatic carbocycles. The number of amides is 2. The van der Waals surface area contributed by atoms with Gasteiger partial charge in [-0.2, -0.15) is 0 Å². The molecule has 5 nitrogen and oxygen atoms in total. The number of ether oxygens (including phenoxy) is 1. The summed E-state index contributed by atoms with van der Waals surface area (Å²) in [5, 5.41) is 0. The van der Waals surface area contributed by atoms with Gasteiger partial charge in [0.05, 0.1) is 18.8 Å². The SMILES string of the molecule is CC(=O)N1CCc2cc(C(=O)N3CCOCC34CCC4)ccc21. The van der Waals surface area contributed by atoms with Gasteiger partial charge < -0.3 is 14.5 Å². The lowest BCUT2D eigenvalue weighted by molar-refractivity contribution is -0.116. The minimum Gasteiger partial charge on any atom is -0.377 e. The van der Waals surface area contributed by atoms with Crippen molar-refractivity contribution in [2.45, 2.75) is 38.1 Å². The van der Waals surface area contributed by atoms with Crippen LogP contribution in [0, 0.1) is 0 Å². The smallest absolute Gasteiger partial charge is 0.254 e. The molecule has 23 heavy (non-hydrogen) atoms. The van der Waals surface area contributed by atoms with Gasteiger partial charge >= 0.3 is 0 Å². The fourth-order valence-electron chi connectivity index (χ4n) is 4.07. The maximum Gasteiger partial charge on any atom is 0.254 e. The Labute approximate surface area is 136 Å². The summed E-state index contributed by atoms with van der Waals surface area (Å²) in [7, 11) is 0. The summed E-state index contributed by atoms with van der Waals surface area (Å²) in [5.74, 6) is 0.168. The van der Waals surface area contributed by atoms with Crippen molar-refractivity contribution in [3.63, 3.8) is 0 Å². The molecule has 0 aromatic heterocycles. The molecular weight excluding hydrogens is 292 g/mol. The van der Waals surface area contributed by atoms with E-state index in [-0.39, 0.29) is 17.4 Å². The van der Waals surface area contributed by atoms with Crippen molar-refractivity contribution in [2.75, 3.05) is 31.2 Å². The molecule has 3 aliphatic rings. The molecule has 1 spiro atoms. The second kappa shape index (κ2) is 5.34. The molecule has 5 heteroatoms. The first-order valence-corrected chi connectivity index (χ1v) is 8.41. The molecule has 0 N–H and O–H groups in total. The standard InChI is InChI=1S/C18H22N2O3/c1-13(21)19-8-5-14-11-15(3-4-16(14)19)17(22)20-9-10-23-12-18(20)6-2-7-18/h3-4,11H,2,5-10,12H2,1H3. The first-order valence-electron chi connectivity index (χ1n) is 8.41. The van der Waals surface area contributed by atoms with Crippen molar-refractivity contribution in [1.29, 1.82) is 0 Å². The monoisotopic (exact) mass is 314 g/mol. The molecule has 2 heterocycles. The van der Waals surface area contributed by atoms with Crippen LogP contribution in [-0.2, 0) is 16.0 Å². The summed E-state index contributed by atoms with van der Waals surface area (Å²) in [6.45, 7) is 4.26. The van der Waals surface area contributed by atoms with Crippen LogP contribution in [0.2, 0.25) is 0 Å². The lowest BCUT2D eigenvalue weighted by Crippen LogP contribution is -2.62. The topological polar surface area (TPSA) is 49.9 Å². The normalized spacial score (nSPS) is 22.0. The van der Waals surface area contributed by atoms with Crippen LogP contribution in [0.5, 0.6) is 0 Å². The van der Waals surface area contributed by atoms with E-state index in [1.54, 1.807) is 11.8 Å². The molecule has 1 saturated heterocycles. The summed E-state index contributed by atoms with van der Waals surface area (Å²) in [5.41, 5.74) is 2.72. The van der Waals surface area contributed by atoms with Gasteiger partial charge in [-0.1, -0.05) is 0 Å². The number of hydrogen-bond acceptors (Lipinski definition) is 3. The average molecular weight is 314 g/mol. The van der Waals surface area contributed by atoms with Crippen LogP contribution in [0.4, 0.5) is 5.69 Å². The number of anilines is 1. The second-order valence-corrected chi connectivity index (χ2v) is 6.85. The van der Waals surface area contributed by atoms with E-state index < -0.39 is 0 Å². The predicted molar refractivity (Wildman–Crippen MR) is 86.6 cm³/mol. The van der Waals surface area contributed by atoms with Crippen molar-refractivity contribution in [1.82, 2.24) is 4.90 Å². The van der Waals surface area contributed by atoms with Gasteiger partial charge in [0.15, 0.2) is 0 Å². The summed E-state index contributed by atoms with van der Waals surface area (Å²) < 4.78 is 5.62. The largest absolute Gasteiger partial charge is 0.377 e. The van der Waals surface area contributed by atoms with Crippen LogP contribution in [0.15, 0.2) is 18.2 Å². The zero-order valence-electron chi connectivity index (χ0n) is 13.5. The maximum atomic E-state index is 13.0. The molecule has 122 valence electrons. The van der Waals surface area contributed by atoms with E-state index in [9.17, 15) is 9.59 Å². The van der Waals surface area contributed by atoms with E-state index in [1.807, 2.05) is 23.1 Å². The number of carbonyl (C=O) groups excluding carboxylic acids is 2. The van der Waals surface area contributed by atoms with Gasteiger partial charge in [0.1, 0.15) is 0 Å². The van der Waals surface area contributed by atoms with Gasteiger partial charge in [-0.3, -0.25) is 9.59 Å². The summed E-state index contributed by atoms with van der Waals surface area (Å²) in [4.78, 5) is 28.5. The molecule has 0 radical (unpaired) electrons. The zero-order chi connectivity index (χ0) is 16.0. The Balaban J connectivity index is 1.61. The molecule has 2 fully saturated rings. The van der Waals surface area contributed by atoms with Gasteiger partial charge in [0.2, 0.25) is 5.91 Å². The zero-order valence-corrected chi connectivity index (χ0v) is 13.5. The van der Waals surface area contributed by atoms with E-state index in [2.05, 4.69) is 0 Å². The van der Waals surface area contributed by atoms with E-state index in [4.69, 9.17) is 4.74 Å². The molecule has 0 bridgehead atoms. The van der Waals surface area contributed by atoms with Crippen molar-refractivity contribution >= 4 is 17.5 Å². The highest BCUT2D eigenvalue weighted by Gasteiger charge is 2.47. The summed E-state index contributed by atoms with van der Waals surface area (Å²) in [6.07, 6.45) is 4.08. The van der Waals surface area contributed by atoms with Gasteiger partial charge in [-0.15, -0.1) is 0 Å². The highest BCUT2D eigenvalue weighted by atomic mass is 16.5. The number of rotatable bonds is 1.